The van der Waals surface area contributed by atoms with Crippen molar-refractivity contribution in [1.82, 2.24) is 0 Å². The molecule has 0 aromatic rings. The first kappa shape index (κ1) is 58.9. The monoisotopic (exact) mass is 144 g/mol. The van der Waals surface area contributed by atoms with Crippen LogP contribution in [0.2, 0.25) is 0 Å². The van der Waals surface area contributed by atoms with E-state index < -0.39 is 0 Å². The fourth-order valence-corrected chi connectivity index (χ4v) is 0. The first-order valence-electron chi connectivity index (χ1n) is 0. The van der Waals surface area contributed by atoms with E-state index in [0.717, 1.165) is 0 Å². The summed E-state index contributed by atoms with van der Waals surface area (Å²) in [6.07, 6.45) is 0. The van der Waals surface area contributed by atoms with Gasteiger partial charge < -0.3 is 27.0 Å². The molecule has 0 rings (SSSR count). The van der Waals surface area contributed by atoms with Gasteiger partial charge in [0.15, 0.2) is 0 Å². The summed E-state index contributed by atoms with van der Waals surface area (Å²) in [5, 5.41) is 0. The first-order chi connectivity index (χ1) is 0. The second kappa shape index (κ2) is 28.0. The van der Waals surface area contributed by atoms with Gasteiger partial charge in [0.2, 0.25) is 0 Å². The zero-order valence-corrected chi connectivity index (χ0v) is 6.53. The van der Waals surface area contributed by atoms with Crippen molar-refractivity contribution in [1.29, 1.82) is 0 Å². The molecule has 4 heteroatoms. The van der Waals surface area contributed by atoms with E-state index in [4.69, 9.17) is 0 Å². The predicted molar refractivity (Wildman–Crippen MR) is 15.4 cm³/mol. The van der Waals surface area contributed by atoms with Gasteiger partial charge in [0, 0.05) is 0 Å². The van der Waals surface area contributed by atoms with E-state index in [1.165, 1.54) is 0 Å². The second-order valence-electron chi connectivity index (χ2n) is 0. The van der Waals surface area contributed by atoms with Crippen LogP contribution in [0.3, 0.4) is 0 Å². The van der Waals surface area contributed by atoms with Crippen LogP contribution in [-0.4, -0.2) is 0 Å². The summed E-state index contributed by atoms with van der Waals surface area (Å²) >= 11 is 0. The Bertz CT molecular complexity index is 6.00. The third kappa shape index (κ3) is 10.4. The quantitative estimate of drug-likeness (QED) is 0.425. The molecule has 0 aliphatic carbocycles. The maximum atomic E-state index is 0. The second-order valence-corrected chi connectivity index (χ2v) is 0. The molecule has 4 heavy (non-hydrogen) atoms. The van der Waals surface area contributed by atoms with Crippen LogP contribution in [0.15, 0.2) is 0 Å². The Hall–Kier alpha value is 1.28. The van der Waals surface area contributed by atoms with Gasteiger partial charge in [-0.05, 0) is 0 Å². The van der Waals surface area contributed by atoms with Gasteiger partial charge in [-0.15, -0.1) is 0 Å². The van der Waals surface area contributed by atoms with Crippen LogP contribution >= 0.6 is 0 Å². The van der Waals surface area contributed by atoms with E-state index in [9.17, 15) is 0 Å². The third-order valence-corrected chi connectivity index (χ3v) is 0. The van der Waals surface area contributed by atoms with Gasteiger partial charge in [-0.2, -0.15) is 0 Å². The van der Waals surface area contributed by atoms with Crippen molar-refractivity contribution in [3.8, 4) is 0 Å². The van der Waals surface area contributed by atoms with Crippen molar-refractivity contribution in [3.63, 3.8) is 0 Å². The Kier molecular flexibility index (Phi) is 413. The van der Waals surface area contributed by atoms with Crippen LogP contribution in [0.25, 0.3) is 0 Å². The molecule has 0 aliphatic rings. The van der Waals surface area contributed by atoms with Crippen LogP contribution in [0.1, 0.15) is 0 Å². The van der Waals surface area contributed by atoms with E-state index >= 15 is 0 Å². The summed E-state index contributed by atoms with van der Waals surface area (Å²) in [5.74, 6) is 0. The summed E-state index contributed by atoms with van der Waals surface area (Å²) in [6, 6.07) is 0. The molecule has 0 fully saturated rings. The molecular formula is OS2Zn. The van der Waals surface area contributed by atoms with Gasteiger partial charge in [-0.1, -0.05) is 0 Å². The van der Waals surface area contributed by atoms with Crippen molar-refractivity contribution in [3.05, 3.63) is 0 Å². The molecule has 0 N–H and O–H groups in total. The first-order valence-corrected chi connectivity index (χ1v) is 0. The van der Waals surface area contributed by atoms with E-state index in [1.807, 2.05) is 0 Å². The van der Waals surface area contributed by atoms with Crippen molar-refractivity contribution in [2.75, 3.05) is 0 Å². The SMILES string of the molecule is [O+2].[S-2].[S-2].[Zn+2]. The summed E-state index contributed by atoms with van der Waals surface area (Å²) in [6.45, 7) is 0. The molecule has 4 radical (unpaired) electrons. The van der Waals surface area contributed by atoms with Crippen LogP contribution in [0.5, 0.6) is 0 Å². The molecular weight excluding hydrogens is 146 g/mol. The van der Waals surface area contributed by atoms with Gasteiger partial charge in [-0.3, -0.25) is 0 Å². The number of hydrogen-bond donors (Lipinski definition) is 0. The van der Waals surface area contributed by atoms with E-state index in [1.54, 1.807) is 0 Å². The van der Waals surface area contributed by atoms with Crippen LogP contribution in [0, 0.1) is 0 Å². The molecule has 0 amide bonds. The molecule has 0 saturated heterocycles. The van der Waals surface area contributed by atoms with Crippen molar-refractivity contribution in [2.24, 2.45) is 0 Å². The van der Waals surface area contributed by atoms with Gasteiger partial charge in [0.1, 0.15) is 0 Å². The maximum Gasteiger partial charge on any atom is 2.00 e. The third-order valence-electron chi connectivity index (χ3n) is 0. The zero-order valence-electron chi connectivity index (χ0n) is 1.93. The van der Waals surface area contributed by atoms with Crippen LogP contribution < -0.4 is 0 Å². The molecule has 20 valence electrons. The Morgan fingerprint density at radius 1 is 0.750 bits per heavy atom. The van der Waals surface area contributed by atoms with Crippen LogP contribution in [0.4, 0.5) is 0 Å². The number of hydrogen-bond acceptors (Lipinski definition) is 0. The Labute approximate surface area is 52.1 Å². The van der Waals surface area contributed by atoms with Crippen molar-refractivity contribution >= 4 is 27.0 Å². The molecule has 0 aromatic carbocycles. The topological polar surface area (TPSA) is 28.5 Å². The largest absolute Gasteiger partial charge is 2.00 e. The van der Waals surface area contributed by atoms with E-state index in [0.29, 0.717) is 0 Å². The predicted octanol–water partition coefficient (Wildman–Crippen LogP) is -0.126. The summed E-state index contributed by atoms with van der Waals surface area (Å²) < 4.78 is 0. The summed E-state index contributed by atoms with van der Waals surface area (Å²) in [4.78, 5) is 0. The molecule has 0 spiro atoms. The smallest absolute Gasteiger partial charge is 2.00 e. The fraction of sp³-hybridized carbons (Fsp3) is 0. The molecule has 0 bridgehead atoms. The van der Waals surface area contributed by atoms with E-state index in [-0.39, 0.29) is 51.9 Å². The standard InChI is InChI=1S/O.2S.Zn/q+2;2*-2;+2. The molecule has 0 unspecified atom stereocenters. The average molecular weight is 146 g/mol. The maximum absolute atomic E-state index is 0. The van der Waals surface area contributed by atoms with E-state index in [2.05, 4.69) is 0 Å². The fourth-order valence-electron chi connectivity index (χ4n) is 0. The minimum absolute atomic E-state index is 0. The van der Waals surface area contributed by atoms with Crippen molar-refractivity contribution < 1.29 is 25.0 Å². The molecule has 0 atom stereocenters. The Morgan fingerprint density at radius 2 is 0.750 bits per heavy atom. The minimum atomic E-state index is 0. The van der Waals surface area contributed by atoms with Gasteiger partial charge in [0.25, 0.3) is 0 Å². The Morgan fingerprint density at radius 3 is 0.750 bits per heavy atom. The average Bonchev–Trinajstić information content (AvgIpc) is 0. The zero-order chi connectivity index (χ0) is 0. The van der Waals surface area contributed by atoms with Crippen LogP contribution in [-0.2, 0) is 51.9 Å². The van der Waals surface area contributed by atoms with Crippen molar-refractivity contribution in [2.45, 2.75) is 0 Å². The molecule has 0 saturated carbocycles. The van der Waals surface area contributed by atoms with Gasteiger partial charge in [0.05, 0.1) is 0 Å². The summed E-state index contributed by atoms with van der Waals surface area (Å²) in [5.41, 5.74) is 0. The molecule has 0 heterocycles. The summed E-state index contributed by atoms with van der Waals surface area (Å²) in [7, 11) is 0. The number of rotatable bonds is 0. The normalized spacial score (nSPS) is 0. The molecule has 0 aliphatic heterocycles. The Balaban J connectivity index is 0. The minimum Gasteiger partial charge on any atom is -2.00 e. The molecule has 0 aromatic heterocycles. The van der Waals surface area contributed by atoms with Gasteiger partial charge in [-0.25, -0.2) is 0 Å². The molecule has 1 nitrogen and oxygen atoms in total. The van der Waals surface area contributed by atoms with Gasteiger partial charge >= 0.3 is 25.0 Å².